The van der Waals surface area contributed by atoms with Crippen LogP contribution in [-0.4, -0.2) is 8.42 Å². The predicted octanol–water partition coefficient (Wildman–Crippen LogP) is 2.20. The molecule has 1 radical (unpaired) electrons. The van der Waals surface area contributed by atoms with Crippen LogP contribution in [0.1, 0.15) is 16.4 Å². The van der Waals surface area contributed by atoms with Crippen LogP contribution in [0.4, 0.5) is 0 Å². The molecular formula is C12H9O3S. The van der Waals surface area contributed by atoms with Crippen molar-refractivity contribution >= 4 is 20.9 Å². The van der Waals surface area contributed by atoms with Gasteiger partial charge in [-0.05, 0) is 28.3 Å². The van der Waals surface area contributed by atoms with Crippen molar-refractivity contribution in [2.75, 3.05) is 0 Å². The van der Waals surface area contributed by atoms with Crippen molar-refractivity contribution in [1.82, 2.24) is 0 Å². The number of hydrogen-bond acceptors (Lipinski definition) is 2. The van der Waals surface area contributed by atoms with Gasteiger partial charge in [0.25, 0.3) is 0 Å². The topological polar surface area (TPSA) is 54.0 Å². The first-order chi connectivity index (χ1) is 7.57. The molecule has 3 nitrogen and oxygen atoms in total. The van der Waals surface area contributed by atoms with Gasteiger partial charge in [-0.25, -0.2) is 0 Å². The van der Waals surface area contributed by atoms with Crippen LogP contribution in [0.2, 0.25) is 0 Å². The highest BCUT2D eigenvalue weighted by Gasteiger charge is 2.34. The Morgan fingerprint density at radius 2 is 1.75 bits per heavy atom. The minimum Gasteiger partial charge on any atom is -0.196 e. The zero-order valence-electron chi connectivity index (χ0n) is 8.38. The smallest absolute Gasteiger partial charge is 0.196 e. The van der Waals surface area contributed by atoms with E-state index in [9.17, 15) is 13.0 Å². The molecule has 0 spiro atoms. The van der Waals surface area contributed by atoms with Crippen molar-refractivity contribution in [1.29, 1.82) is 0 Å². The minimum atomic E-state index is -4.27. The Balaban J connectivity index is 2.38. The first kappa shape index (κ1) is 9.81. The van der Waals surface area contributed by atoms with Gasteiger partial charge in [0.1, 0.15) is 5.25 Å². The van der Waals surface area contributed by atoms with Gasteiger partial charge in [-0.3, -0.25) is 0 Å². The molecule has 0 saturated carbocycles. The van der Waals surface area contributed by atoms with Crippen LogP contribution in [0.25, 0.3) is 10.8 Å². The molecule has 0 amide bonds. The SMILES string of the molecule is [O]S(=O)(=O)C1Cc2cccc3cccc1c23. The third-order valence-corrected chi connectivity index (χ3v) is 4.24. The van der Waals surface area contributed by atoms with Crippen molar-refractivity contribution in [3.8, 4) is 0 Å². The molecule has 0 bridgehead atoms. The molecule has 81 valence electrons. The molecule has 3 rings (SSSR count). The molecule has 0 saturated heterocycles. The zero-order valence-corrected chi connectivity index (χ0v) is 9.20. The van der Waals surface area contributed by atoms with Crippen LogP contribution in [0.5, 0.6) is 0 Å². The van der Waals surface area contributed by atoms with Gasteiger partial charge < -0.3 is 0 Å². The van der Waals surface area contributed by atoms with Crippen LogP contribution in [0.15, 0.2) is 36.4 Å². The standard InChI is InChI=1S/C12H9O3S/c13-16(14,15)11-7-9-5-1-3-8-4-2-6-10(11)12(8)9/h1-6,11H,7H2. The molecule has 0 N–H and O–H groups in total. The van der Waals surface area contributed by atoms with Crippen molar-refractivity contribution in [3.05, 3.63) is 47.5 Å². The van der Waals surface area contributed by atoms with E-state index >= 15 is 0 Å². The molecule has 1 aliphatic rings. The summed E-state index contributed by atoms with van der Waals surface area (Å²) < 4.78 is 33.6. The number of rotatable bonds is 1. The fourth-order valence-corrected chi connectivity index (χ4v) is 3.35. The Labute approximate surface area is 93.5 Å². The molecule has 1 unspecified atom stereocenters. The quantitative estimate of drug-likeness (QED) is 0.758. The average molecular weight is 233 g/mol. The summed E-state index contributed by atoms with van der Waals surface area (Å²) in [5.41, 5.74) is 1.61. The van der Waals surface area contributed by atoms with Gasteiger partial charge >= 0.3 is 10.1 Å². The van der Waals surface area contributed by atoms with Crippen LogP contribution in [-0.2, 0) is 21.1 Å². The summed E-state index contributed by atoms with van der Waals surface area (Å²) >= 11 is 0. The molecule has 0 fully saturated rings. The monoisotopic (exact) mass is 233 g/mol. The Hall–Kier alpha value is -1.39. The average Bonchev–Trinajstić information content (AvgIpc) is 2.60. The van der Waals surface area contributed by atoms with Gasteiger partial charge in [0.15, 0.2) is 0 Å². The highest BCUT2D eigenvalue weighted by molar-refractivity contribution is 7.85. The summed E-state index contributed by atoms with van der Waals surface area (Å²) in [6.07, 6.45) is 0.308. The summed E-state index contributed by atoms with van der Waals surface area (Å²) in [5.74, 6) is 0. The lowest BCUT2D eigenvalue weighted by Crippen LogP contribution is -2.09. The molecule has 2 aromatic rings. The Kier molecular flexibility index (Phi) is 1.87. The summed E-state index contributed by atoms with van der Waals surface area (Å²) in [5, 5.41) is 1.03. The van der Waals surface area contributed by atoms with Crippen LogP contribution in [0.3, 0.4) is 0 Å². The lowest BCUT2D eigenvalue weighted by atomic mass is 10.1. The number of benzene rings is 2. The van der Waals surface area contributed by atoms with Gasteiger partial charge in [-0.15, -0.1) is 0 Å². The molecule has 0 aliphatic heterocycles. The molecule has 0 heterocycles. The molecule has 1 aliphatic carbocycles. The van der Waals surface area contributed by atoms with Gasteiger partial charge in [0, 0.05) is 0 Å². The largest absolute Gasteiger partial charge is 0.302 e. The lowest BCUT2D eigenvalue weighted by molar-refractivity contribution is 0.403. The Bertz CT molecular complexity index is 668. The first-order valence-corrected chi connectivity index (χ1v) is 6.50. The van der Waals surface area contributed by atoms with E-state index in [1.165, 1.54) is 0 Å². The first-order valence-electron chi connectivity index (χ1n) is 5.02. The highest BCUT2D eigenvalue weighted by Crippen LogP contribution is 2.40. The zero-order chi connectivity index (χ0) is 11.3. The fraction of sp³-hybridized carbons (Fsp3) is 0.167. The summed E-state index contributed by atoms with van der Waals surface area (Å²) in [4.78, 5) is 0. The second-order valence-electron chi connectivity index (χ2n) is 4.05. The second kappa shape index (κ2) is 3.06. The maximum Gasteiger partial charge on any atom is 0.302 e. The van der Waals surface area contributed by atoms with Crippen LogP contribution >= 0.6 is 0 Å². The third-order valence-electron chi connectivity index (χ3n) is 3.12. The van der Waals surface area contributed by atoms with E-state index in [1.807, 2.05) is 24.3 Å². The third kappa shape index (κ3) is 1.27. The van der Waals surface area contributed by atoms with Crippen molar-refractivity contribution in [2.45, 2.75) is 11.7 Å². The van der Waals surface area contributed by atoms with Gasteiger partial charge in [-0.1, -0.05) is 41.0 Å². The van der Waals surface area contributed by atoms with Crippen LogP contribution in [0, 0.1) is 0 Å². The summed E-state index contributed by atoms with van der Waals surface area (Å²) in [6, 6.07) is 11.2. The van der Waals surface area contributed by atoms with Crippen molar-refractivity contribution in [2.24, 2.45) is 0 Å². The van der Waals surface area contributed by atoms with Gasteiger partial charge in [-0.2, -0.15) is 8.42 Å². The minimum absolute atomic E-state index is 0.308. The summed E-state index contributed by atoms with van der Waals surface area (Å²) in [6.45, 7) is 0. The number of hydrogen-bond donors (Lipinski definition) is 0. The van der Waals surface area contributed by atoms with Gasteiger partial charge in [0.05, 0.1) is 0 Å². The van der Waals surface area contributed by atoms with Crippen LogP contribution < -0.4 is 0 Å². The molecule has 2 aromatic carbocycles. The summed E-state index contributed by atoms with van der Waals surface area (Å²) in [7, 11) is -4.27. The van der Waals surface area contributed by atoms with Gasteiger partial charge in [0.2, 0.25) is 0 Å². The normalized spacial score (nSPS) is 19.2. The lowest BCUT2D eigenvalue weighted by Gasteiger charge is -2.05. The maximum absolute atomic E-state index is 11.2. The molecule has 4 heteroatoms. The Morgan fingerprint density at radius 1 is 1.06 bits per heavy atom. The predicted molar refractivity (Wildman–Crippen MR) is 60.0 cm³/mol. The van der Waals surface area contributed by atoms with Crippen molar-refractivity contribution in [3.63, 3.8) is 0 Å². The highest BCUT2D eigenvalue weighted by atomic mass is 32.2. The molecular weight excluding hydrogens is 224 g/mol. The van der Waals surface area contributed by atoms with E-state index in [1.54, 1.807) is 12.1 Å². The molecule has 1 atom stereocenters. The fourth-order valence-electron chi connectivity index (χ4n) is 2.46. The molecule has 0 aromatic heterocycles. The molecule has 16 heavy (non-hydrogen) atoms. The maximum atomic E-state index is 11.2. The Morgan fingerprint density at radius 3 is 2.44 bits per heavy atom. The van der Waals surface area contributed by atoms with Crippen molar-refractivity contribution < 1.29 is 13.0 Å². The second-order valence-corrected chi connectivity index (χ2v) is 5.60. The van der Waals surface area contributed by atoms with E-state index in [0.717, 1.165) is 16.3 Å². The van der Waals surface area contributed by atoms with E-state index in [0.29, 0.717) is 12.0 Å². The van der Waals surface area contributed by atoms with E-state index in [4.69, 9.17) is 0 Å². The van der Waals surface area contributed by atoms with E-state index in [-0.39, 0.29) is 0 Å². The van der Waals surface area contributed by atoms with E-state index < -0.39 is 15.4 Å². The van der Waals surface area contributed by atoms with E-state index in [2.05, 4.69) is 0 Å².